The zero-order valence-corrected chi connectivity index (χ0v) is 10.8. The van der Waals surface area contributed by atoms with Gasteiger partial charge in [0.05, 0.1) is 0 Å². The molecule has 0 saturated heterocycles. The molecule has 0 radical (unpaired) electrons. The SMILES string of the molecule is Cc1nc(Cl)cc(Nc2ccc(C)c(C)c2)n1. The average Bonchev–Trinajstić information content (AvgIpc) is 2.22. The Morgan fingerprint density at radius 2 is 1.76 bits per heavy atom. The number of hydrogen-bond acceptors (Lipinski definition) is 3. The molecule has 0 bridgehead atoms. The summed E-state index contributed by atoms with van der Waals surface area (Å²) >= 11 is 5.88. The molecule has 2 aromatic rings. The van der Waals surface area contributed by atoms with E-state index in [0.717, 1.165) is 5.69 Å². The number of nitrogens with one attached hydrogen (secondary N) is 1. The molecule has 3 nitrogen and oxygen atoms in total. The summed E-state index contributed by atoms with van der Waals surface area (Å²) in [6.07, 6.45) is 0. The van der Waals surface area contributed by atoms with E-state index in [2.05, 4.69) is 41.3 Å². The average molecular weight is 248 g/mol. The predicted octanol–water partition coefficient (Wildman–Crippen LogP) is 3.80. The number of hydrogen-bond donors (Lipinski definition) is 1. The lowest BCUT2D eigenvalue weighted by molar-refractivity contribution is 1.06. The largest absolute Gasteiger partial charge is 0.340 e. The number of aromatic nitrogens is 2. The van der Waals surface area contributed by atoms with Gasteiger partial charge < -0.3 is 5.32 Å². The van der Waals surface area contributed by atoms with E-state index in [1.54, 1.807) is 6.07 Å². The third-order valence-corrected chi connectivity index (χ3v) is 2.78. The summed E-state index contributed by atoms with van der Waals surface area (Å²) in [5.74, 6) is 1.37. The van der Waals surface area contributed by atoms with E-state index in [4.69, 9.17) is 11.6 Å². The molecule has 0 fully saturated rings. The van der Waals surface area contributed by atoms with Crippen LogP contribution in [0.3, 0.4) is 0 Å². The Hall–Kier alpha value is -1.61. The van der Waals surface area contributed by atoms with Gasteiger partial charge >= 0.3 is 0 Å². The summed E-state index contributed by atoms with van der Waals surface area (Å²) < 4.78 is 0. The fraction of sp³-hybridized carbons (Fsp3) is 0.231. The van der Waals surface area contributed by atoms with Crippen molar-refractivity contribution in [3.63, 3.8) is 0 Å². The van der Waals surface area contributed by atoms with Gasteiger partial charge in [-0.1, -0.05) is 17.7 Å². The highest BCUT2D eigenvalue weighted by atomic mass is 35.5. The Bertz CT molecular complexity index is 532. The van der Waals surface area contributed by atoms with Crippen molar-refractivity contribution in [1.29, 1.82) is 0 Å². The number of anilines is 2. The zero-order valence-electron chi connectivity index (χ0n) is 10.1. The lowest BCUT2D eigenvalue weighted by atomic mass is 10.1. The summed E-state index contributed by atoms with van der Waals surface area (Å²) in [6.45, 7) is 5.99. The molecule has 0 spiro atoms. The van der Waals surface area contributed by atoms with Gasteiger partial charge in [-0.2, -0.15) is 0 Å². The van der Waals surface area contributed by atoms with Gasteiger partial charge in [0.2, 0.25) is 0 Å². The number of rotatable bonds is 2. The van der Waals surface area contributed by atoms with Crippen LogP contribution < -0.4 is 5.32 Å². The van der Waals surface area contributed by atoms with E-state index < -0.39 is 0 Å². The van der Waals surface area contributed by atoms with Crippen LogP contribution in [-0.4, -0.2) is 9.97 Å². The normalized spacial score (nSPS) is 10.4. The van der Waals surface area contributed by atoms with Crippen LogP contribution in [0.1, 0.15) is 17.0 Å². The first-order chi connectivity index (χ1) is 8.04. The van der Waals surface area contributed by atoms with Gasteiger partial charge in [-0.15, -0.1) is 0 Å². The number of aryl methyl sites for hydroxylation is 3. The van der Waals surface area contributed by atoms with E-state index in [1.165, 1.54) is 11.1 Å². The molecule has 0 unspecified atom stereocenters. The van der Waals surface area contributed by atoms with Crippen molar-refractivity contribution in [2.24, 2.45) is 0 Å². The van der Waals surface area contributed by atoms with Crippen LogP contribution in [0.15, 0.2) is 24.3 Å². The summed E-state index contributed by atoms with van der Waals surface area (Å²) in [6, 6.07) is 7.89. The van der Waals surface area contributed by atoms with Crippen molar-refractivity contribution in [2.75, 3.05) is 5.32 Å². The van der Waals surface area contributed by atoms with Crippen LogP contribution >= 0.6 is 11.6 Å². The number of benzene rings is 1. The molecule has 0 saturated carbocycles. The van der Waals surface area contributed by atoms with Crippen molar-refractivity contribution in [1.82, 2.24) is 9.97 Å². The highest BCUT2D eigenvalue weighted by Crippen LogP contribution is 2.19. The molecule has 4 heteroatoms. The lowest BCUT2D eigenvalue weighted by Crippen LogP contribution is -1.97. The molecule has 0 aliphatic carbocycles. The first-order valence-corrected chi connectivity index (χ1v) is 5.78. The third kappa shape index (κ3) is 2.94. The smallest absolute Gasteiger partial charge is 0.135 e. The predicted molar refractivity (Wildman–Crippen MR) is 71.0 cm³/mol. The second kappa shape index (κ2) is 4.72. The molecule has 0 aliphatic heterocycles. The molecule has 1 heterocycles. The summed E-state index contributed by atoms with van der Waals surface area (Å²) in [5, 5.41) is 3.67. The van der Waals surface area contributed by atoms with Gasteiger partial charge in [-0.3, -0.25) is 0 Å². The van der Waals surface area contributed by atoms with Crippen molar-refractivity contribution in [3.05, 3.63) is 46.4 Å². The Labute approximate surface area is 106 Å². The molecule has 17 heavy (non-hydrogen) atoms. The maximum absolute atomic E-state index is 5.88. The fourth-order valence-corrected chi connectivity index (χ4v) is 1.79. The van der Waals surface area contributed by atoms with Gasteiger partial charge in [0.25, 0.3) is 0 Å². The third-order valence-electron chi connectivity index (χ3n) is 2.59. The topological polar surface area (TPSA) is 37.8 Å². The molecule has 1 aromatic carbocycles. The molecule has 0 atom stereocenters. The van der Waals surface area contributed by atoms with E-state index in [9.17, 15) is 0 Å². The number of halogens is 1. The first kappa shape index (κ1) is 11.9. The summed E-state index contributed by atoms with van der Waals surface area (Å²) in [5.41, 5.74) is 3.52. The second-order valence-electron chi connectivity index (χ2n) is 4.05. The van der Waals surface area contributed by atoms with E-state index in [-0.39, 0.29) is 0 Å². The molecular weight excluding hydrogens is 234 g/mol. The molecule has 0 aliphatic rings. The van der Waals surface area contributed by atoms with Gasteiger partial charge in [-0.25, -0.2) is 9.97 Å². The molecule has 1 N–H and O–H groups in total. The summed E-state index contributed by atoms with van der Waals surface area (Å²) in [7, 11) is 0. The molecular formula is C13H14ClN3. The van der Waals surface area contributed by atoms with Gasteiger partial charge in [-0.05, 0) is 44.0 Å². The van der Waals surface area contributed by atoms with Crippen LogP contribution in [0.25, 0.3) is 0 Å². The van der Waals surface area contributed by atoms with E-state index >= 15 is 0 Å². The van der Waals surface area contributed by atoms with Crippen LogP contribution in [0.4, 0.5) is 11.5 Å². The zero-order chi connectivity index (χ0) is 12.4. The molecule has 2 rings (SSSR count). The van der Waals surface area contributed by atoms with Crippen LogP contribution in [0.5, 0.6) is 0 Å². The van der Waals surface area contributed by atoms with Crippen molar-refractivity contribution in [3.8, 4) is 0 Å². The van der Waals surface area contributed by atoms with Crippen LogP contribution in [-0.2, 0) is 0 Å². The van der Waals surface area contributed by atoms with Crippen LogP contribution in [0, 0.1) is 20.8 Å². The van der Waals surface area contributed by atoms with Crippen molar-refractivity contribution < 1.29 is 0 Å². The van der Waals surface area contributed by atoms with Gasteiger partial charge in [0, 0.05) is 11.8 Å². The Balaban J connectivity index is 2.28. The molecule has 88 valence electrons. The van der Waals surface area contributed by atoms with E-state index in [1.807, 2.05) is 13.0 Å². The fourth-order valence-electron chi connectivity index (χ4n) is 1.56. The molecule has 1 aromatic heterocycles. The van der Waals surface area contributed by atoms with Gasteiger partial charge in [0.1, 0.15) is 16.8 Å². The summed E-state index contributed by atoms with van der Waals surface area (Å²) in [4.78, 5) is 8.30. The van der Waals surface area contributed by atoms with Gasteiger partial charge in [0.15, 0.2) is 0 Å². The standard InChI is InChI=1S/C13H14ClN3/c1-8-4-5-11(6-9(8)2)17-13-7-12(14)15-10(3)16-13/h4-7H,1-3H3,(H,15,16,17). The van der Waals surface area contributed by atoms with E-state index in [0.29, 0.717) is 16.8 Å². The minimum Gasteiger partial charge on any atom is -0.340 e. The Morgan fingerprint density at radius 1 is 1.00 bits per heavy atom. The molecule has 0 amide bonds. The highest BCUT2D eigenvalue weighted by Gasteiger charge is 2.01. The number of nitrogens with zero attached hydrogens (tertiary/aromatic N) is 2. The van der Waals surface area contributed by atoms with Crippen LogP contribution in [0.2, 0.25) is 5.15 Å². The van der Waals surface area contributed by atoms with Crippen molar-refractivity contribution >= 4 is 23.1 Å². The maximum atomic E-state index is 5.88. The lowest BCUT2D eigenvalue weighted by Gasteiger charge is -2.08. The van der Waals surface area contributed by atoms with Crippen molar-refractivity contribution in [2.45, 2.75) is 20.8 Å². The first-order valence-electron chi connectivity index (χ1n) is 5.40. The minimum absolute atomic E-state index is 0.448. The second-order valence-corrected chi connectivity index (χ2v) is 4.43. The monoisotopic (exact) mass is 247 g/mol. The quantitative estimate of drug-likeness (QED) is 0.821. The Morgan fingerprint density at radius 3 is 2.41 bits per heavy atom. The minimum atomic E-state index is 0.448. The highest BCUT2D eigenvalue weighted by molar-refractivity contribution is 6.29. The Kier molecular flexibility index (Phi) is 3.29. The maximum Gasteiger partial charge on any atom is 0.135 e.